The van der Waals surface area contributed by atoms with Crippen LogP contribution in [0.3, 0.4) is 0 Å². The van der Waals surface area contributed by atoms with E-state index in [9.17, 15) is 33.9 Å². The molecule has 0 saturated carbocycles. The fourth-order valence-corrected chi connectivity index (χ4v) is 10.7. The highest BCUT2D eigenvalue weighted by atomic mass is 16.7. The molecule has 0 aromatic heterocycles. The summed E-state index contributed by atoms with van der Waals surface area (Å²) in [7, 11) is 0. The van der Waals surface area contributed by atoms with Gasteiger partial charge in [-0.15, -0.1) is 5.06 Å². The highest BCUT2D eigenvalue weighted by molar-refractivity contribution is 6.02. The van der Waals surface area contributed by atoms with Crippen molar-refractivity contribution in [2.75, 3.05) is 324 Å². The highest BCUT2D eigenvalue weighted by Gasteiger charge is 2.45. The van der Waals surface area contributed by atoms with Gasteiger partial charge < -0.3 is 134 Å². The van der Waals surface area contributed by atoms with Crippen LogP contribution in [-0.4, -0.2) is 375 Å². The largest absolute Gasteiger partial charge is 0.481 e. The van der Waals surface area contributed by atoms with Crippen LogP contribution in [0.1, 0.15) is 155 Å². The van der Waals surface area contributed by atoms with Crippen LogP contribution < -0.4 is 5.32 Å². The molecule has 115 heavy (non-hydrogen) atoms. The van der Waals surface area contributed by atoms with Gasteiger partial charge in [-0.1, -0.05) is 110 Å². The molecule has 35 nitrogen and oxygen atoms in total. The Hall–Kier alpha value is -3.94. The van der Waals surface area contributed by atoms with E-state index in [0.717, 1.165) is 57.8 Å². The lowest BCUT2D eigenvalue weighted by Crippen LogP contribution is -2.47. The van der Waals surface area contributed by atoms with Crippen molar-refractivity contribution in [1.29, 1.82) is 0 Å². The van der Waals surface area contributed by atoms with Crippen molar-refractivity contribution < 1.29 is 158 Å². The number of rotatable bonds is 99. The van der Waals surface area contributed by atoms with Gasteiger partial charge in [-0.25, -0.2) is 4.79 Å². The van der Waals surface area contributed by atoms with Gasteiger partial charge in [0, 0.05) is 25.8 Å². The van der Waals surface area contributed by atoms with Gasteiger partial charge in [0.15, 0.2) is 0 Å². The van der Waals surface area contributed by atoms with Gasteiger partial charge in [-0.05, 0) is 19.3 Å². The van der Waals surface area contributed by atoms with E-state index in [4.69, 9.17) is 124 Å². The molecule has 678 valence electrons. The van der Waals surface area contributed by atoms with Crippen molar-refractivity contribution in [1.82, 2.24) is 10.4 Å². The zero-order valence-corrected chi connectivity index (χ0v) is 69.9. The second-order valence-corrected chi connectivity index (χ2v) is 26.4. The molecule has 0 radical (unpaired) electrons. The van der Waals surface area contributed by atoms with E-state index in [-0.39, 0.29) is 52.0 Å². The minimum atomic E-state index is -1.46. The number of hydroxylamine groups is 2. The molecule has 3 N–H and O–H groups in total. The fourth-order valence-electron chi connectivity index (χ4n) is 10.7. The molecule has 1 rings (SSSR count). The first-order valence-electron chi connectivity index (χ1n) is 42.3. The SMILES string of the molecule is CCCCCCCCCCCC(CCCCCCCCCCC(=O)O)(C(=O)O)C(=O)NCCOCCOCCOCCOCCOCCOCCOCCOCCOCCOCCOCCOCCOCCOCCOCCOCCOCCOCCOCCOCCOCCOCCOCCOCCC(=O)ON1C(=O)CCC1=O. The van der Waals surface area contributed by atoms with Crippen LogP contribution in [0.4, 0.5) is 0 Å². The molecule has 1 atom stereocenters. The van der Waals surface area contributed by atoms with E-state index >= 15 is 0 Å². The van der Waals surface area contributed by atoms with Crippen molar-refractivity contribution in [3.8, 4) is 0 Å². The van der Waals surface area contributed by atoms with E-state index in [2.05, 4.69) is 12.2 Å². The molecule has 0 spiro atoms. The van der Waals surface area contributed by atoms with Crippen LogP contribution in [-0.2, 0) is 147 Å². The number of hydrogen-bond donors (Lipinski definition) is 3. The summed E-state index contributed by atoms with van der Waals surface area (Å²) in [5, 5.41) is 22.7. The Morgan fingerprint density at radius 3 is 0.696 bits per heavy atom. The summed E-state index contributed by atoms with van der Waals surface area (Å²) in [6, 6.07) is 0. The lowest BCUT2D eigenvalue weighted by Gasteiger charge is -2.28. The quantitative estimate of drug-likeness (QED) is 0.0333. The molecule has 0 aliphatic carbocycles. The number of ether oxygens (including phenoxy) is 24. The molecule has 0 bridgehead atoms. The molecular weight excluding hydrogens is 1520 g/mol. The van der Waals surface area contributed by atoms with Crippen LogP contribution in [0.2, 0.25) is 0 Å². The summed E-state index contributed by atoms with van der Waals surface area (Å²) < 4.78 is 133. The summed E-state index contributed by atoms with van der Waals surface area (Å²) >= 11 is 0. The number of imide groups is 1. The Bertz CT molecular complexity index is 2120. The molecule has 1 heterocycles. The monoisotopic (exact) mass is 1670 g/mol. The number of carboxylic acids is 2. The predicted octanol–water partition coefficient (Wildman–Crippen LogP) is 6.48. The van der Waals surface area contributed by atoms with Gasteiger partial charge in [0.25, 0.3) is 11.8 Å². The number of aliphatic carboxylic acids is 2. The standard InChI is InChI=1S/C80H150N2O33/c1-2-3-4-5-6-8-11-14-17-23-80(79(89)90,24-18-15-12-9-7-10-13-16-19-76(85)86)78(88)81-25-27-92-29-31-94-33-35-96-37-39-98-41-43-100-45-47-102-49-51-104-53-55-106-57-59-108-61-63-110-65-67-112-69-71-114-73-72-113-70-68-111-66-64-109-62-60-107-58-56-105-54-52-103-50-48-101-46-44-99-42-40-97-38-36-95-34-32-93-30-28-91-26-22-77(87)115-82-74(83)20-21-75(82)84/h2-73H2,1H3,(H,81,88)(H,85,86)(H,89,90). The third-order valence-electron chi connectivity index (χ3n) is 17.0. The summed E-state index contributed by atoms with van der Waals surface area (Å²) in [5.41, 5.74) is -1.46. The maximum Gasteiger partial charge on any atom is 0.335 e. The number of nitrogens with zero attached hydrogens (tertiary/aromatic N) is 1. The van der Waals surface area contributed by atoms with E-state index in [1.165, 1.54) is 32.1 Å². The van der Waals surface area contributed by atoms with Crippen molar-refractivity contribution in [2.45, 2.75) is 155 Å². The molecule has 1 saturated heterocycles. The van der Waals surface area contributed by atoms with Gasteiger partial charge in [-0.3, -0.25) is 24.0 Å². The van der Waals surface area contributed by atoms with E-state index in [0.29, 0.717) is 334 Å². The minimum Gasteiger partial charge on any atom is -0.481 e. The van der Waals surface area contributed by atoms with Crippen molar-refractivity contribution in [3.63, 3.8) is 0 Å². The van der Waals surface area contributed by atoms with Crippen LogP contribution >= 0.6 is 0 Å². The van der Waals surface area contributed by atoms with Gasteiger partial charge in [0.2, 0.25) is 5.91 Å². The summed E-state index contributed by atoms with van der Waals surface area (Å²) in [5.74, 6) is -3.99. The number of unbranched alkanes of at least 4 members (excludes halogenated alkanes) is 15. The van der Waals surface area contributed by atoms with Crippen LogP contribution in [0, 0.1) is 5.41 Å². The topological polar surface area (TPSA) is 389 Å². The first kappa shape index (κ1) is 109. The lowest BCUT2D eigenvalue weighted by atomic mass is 9.76. The number of hydrogen-bond acceptors (Lipinski definition) is 31. The van der Waals surface area contributed by atoms with E-state index in [1.54, 1.807) is 0 Å². The molecular formula is C80H150N2O33. The molecule has 0 aromatic rings. The molecule has 1 unspecified atom stereocenters. The molecule has 3 amide bonds. The molecule has 35 heteroatoms. The summed E-state index contributed by atoms with van der Waals surface area (Å²) in [4.78, 5) is 76.5. The third kappa shape index (κ3) is 77.2. The van der Waals surface area contributed by atoms with Gasteiger partial charge in [0.1, 0.15) is 5.41 Å². The first-order valence-corrected chi connectivity index (χ1v) is 42.3. The third-order valence-corrected chi connectivity index (χ3v) is 17.0. The second-order valence-electron chi connectivity index (χ2n) is 26.4. The molecule has 1 fully saturated rings. The van der Waals surface area contributed by atoms with E-state index in [1.807, 2.05) is 0 Å². The normalized spacial score (nSPS) is 12.9. The van der Waals surface area contributed by atoms with E-state index < -0.39 is 41.0 Å². The number of carboxylic acid groups (broad SMARTS) is 2. The molecule has 1 aliphatic heterocycles. The van der Waals surface area contributed by atoms with Crippen LogP contribution in [0.15, 0.2) is 0 Å². The zero-order chi connectivity index (χ0) is 82.8. The number of nitrogens with one attached hydrogen (secondary N) is 1. The van der Waals surface area contributed by atoms with Crippen LogP contribution in [0.5, 0.6) is 0 Å². The van der Waals surface area contributed by atoms with Crippen molar-refractivity contribution in [3.05, 3.63) is 0 Å². The Morgan fingerprint density at radius 1 is 0.278 bits per heavy atom. The van der Waals surface area contributed by atoms with Gasteiger partial charge in [0.05, 0.1) is 324 Å². The maximum atomic E-state index is 13.6. The number of carbonyl (C=O) groups excluding carboxylic acids is 4. The zero-order valence-electron chi connectivity index (χ0n) is 69.9. The van der Waals surface area contributed by atoms with Crippen LogP contribution in [0.25, 0.3) is 0 Å². The lowest BCUT2D eigenvalue weighted by molar-refractivity contribution is -0.198. The van der Waals surface area contributed by atoms with Gasteiger partial charge in [-0.2, -0.15) is 0 Å². The predicted molar refractivity (Wildman–Crippen MR) is 420 cm³/mol. The maximum absolute atomic E-state index is 13.6. The average molecular weight is 1670 g/mol. The summed E-state index contributed by atoms with van der Waals surface area (Å²) in [6.45, 7) is 22.9. The van der Waals surface area contributed by atoms with Gasteiger partial charge >= 0.3 is 17.9 Å². The Kier molecular flexibility index (Phi) is 84.7. The van der Waals surface area contributed by atoms with Crippen molar-refractivity contribution in [2.24, 2.45) is 5.41 Å². The summed E-state index contributed by atoms with van der Waals surface area (Å²) in [6.07, 6.45) is 18.0. The second kappa shape index (κ2) is 89.3. The first-order chi connectivity index (χ1) is 56.6. The molecule has 1 aliphatic rings. The fraction of sp³-hybridized carbons (Fsp3) is 0.925. The number of amides is 3. The Labute approximate surface area is 684 Å². The number of carbonyl (C=O) groups is 6. The minimum absolute atomic E-state index is 0.0490. The molecule has 0 aromatic carbocycles. The highest BCUT2D eigenvalue weighted by Crippen LogP contribution is 2.33. The average Bonchev–Trinajstić information content (AvgIpc) is 1.49. The van der Waals surface area contributed by atoms with Crippen molar-refractivity contribution >= 4 is 35.6 Å². The smallest absolute Gasteiger partial charge is 0.335 e. The Morgan fingerprint density at radius 2 is 0.478 bits per heavy atom. The Balaban J connectivity index is 1.72.